The van der Waals surface area contributed by atoms with Crippen LogP contribution < -0.4 is 0 Å². The van der Waals surface area contributed by atoms with Crippen molar-refractivity contribution < 1.29 is 13.2 Å². The van der Waals surface area contributed by atoms with Gasteiger partial charge in [0.2, 0.25) is 0 Å². The average molecular weight is 340 g/mol. The van der Waals surface area contributed by atoms with E-state index < -0.39 is 12.1 Å². The van der Waals surface area contributed by atoms with Gasteiger partial charge in [-0.1, -0.05) is 0 Å². The lowest BCUT2D eigenvalue weighted by Crippen LogP contribution is -2.32. The molecule has 3 saturated carbocycles. The number of alkyl halides is 3. The van der Waals surface area contributed by atoms with Gasteiger partial charge in [0, 0.05) is 5.92 Å². The van der Waals surface area contributed by atoms with Crippen LogP contribution in [0, 0.1) is 47.9 Å². The van der Waals surface area contributed by atoms with Gasteiger partial charge in [-0.05, 0) is 101 Å². The summed E-state index contributed by atoms with van der Waals surface area (Å²) >= 11 is 0. The van der Waals surface area contributed by atoms with Gasteiger partial charge in [0.1, 0.15) is 0 Å². The molecule has 0 heterocycles. The van der Waals surface area contributed by atoms with E-state index >= 15 is 0 Å². The zero-order valence-electron chi connectivity index (χ0n) is 14.7. The van der Waals surface area contributed by atoms with E-state index in [9.17, 15) is 13.2 Å². The second-order valence-electron chi connectivity index (χ2n) is 8.61. The quantitative estimate of drug-likeness (QED) is 0.497. The van der Waals surface area contributed by atoms with Crippen molar-refractivity contribution in [3.8, 4) is 12.3 Å². The normalized spacial score (nSPS) is 41.6. The predicted octanol–water partition coefficient (Wildman–Crippen LogP) is 6.60. The zero-order valence-corrected chi connectivity index (χ0v) is 14.7. The smallest absolute Gasteiger partial charge is 0.171 e. The van der Waals surface area contributed by atoms with Crippen LogP contribution in [-0.4, -0.2) is 6.18 Å². The Kier molecular flexibility index (Phi) is 5.83. The third kappa shape index (κ3) is 4.30. The van der Waals surface area contributed by atoms with Gasteiger partial charge in [-0.15, -0.1) is 12.3 Å². The number of halogens is 3. The van der Waals surface area contributed by atoms with Gasteiger partial charge in [0.25, 0.3) is 0 Å². The second-order valence-corrected chi connectivity index (χ2v) is 8.61. The van der Waals surface area contributed by atoms with Crippen molar-refractivity contribution in [2.75, 3.05) is 0 Å². The first-order chi connectivity index (χ1) is 11.5. The summed E-state index contributed by atoms with van der Waals surface area (Å²) in [5, 5.41) is 0. The van der Waals surface area contributed by atoms with Crippen LogP contribution in [0.5, 0.6) is 0 Å². The molecule has 0 aromatic rings. The largest absolute Gasteiger partial charge is 0.391 e. The van der Waals surface area contributed by atoms with E-state index in [-0.39, 0.29) is 0 Å². The third-order valence-corrected chi connectivity index (χ3v) is 7.39. The van der Waals surface area contributed by atoms with Gasteiger partial charge >= 0.3 is 6.18 Å². The molecule has 0 nitrogen and oxygen atoms in total. The topological polar surface area (TPSA) is 0 Å². The maximum atomic E-state index is 12.8. The average Bonchev–Trinajstić information content (AvgIpc) is 2.61. The van der Waals surface area contributed by atoms with Gasteiger partial charge in [0.05, 0.1) is 5.92 Å². The highest BCUT2D eigenvalue weighted by molar-refractivity contribution is 4.96. The minimum atomic E-state index is -3.97. The first kappa shape index (κ1) is 18.2. The molecule has 0 spiro atoms. The van der Waals surface area contributed by atoms with Gasteiger partial charge in [-0.25, -0.2) is 0 Å². The SMILES string of the molecule is C#CC1CCC(C2CCC(C3CCC(C(F)(F)F)CC3)CC2)CC1. The molecule has 136 valence electrons. The van der Waals surface area contributed by atoms with Crippen LogP contribution in [0.1, 0.15) is 77.0 Å². The Morgan fingerprint density at radius 1 is 0.583 bits per heavy atom. The molecule has 0 atom stereocenters. The summed E-state index contributed by atoms with van der Waals surface area (Å²) in [7, 11) is 0. The van der Waals surface area contributed by atoms with E-state index in [0.29, 0.717) is 30.6 Å². The number of terminal acetylenes is 1. The number of rotatable bonds is 2. The molecule has 0 bridgehead atoms. The molecule has 0 aliphatic heterocycles. The molecule has 0 aromatic heterocycles. The van der Waals surface area contributed by atoms with E-state index in [4.69, 9.17) is 6.42 Å². The van der Waals surface area contributed by atoms with Gasteiger partial charge < -0.3 is 0 Å². The number of hydrogen-bond donors (Lipinski definition) is 0. The van der Waals surface area contributed by atoms with Crippen molar-refractivity contribution in [3.63, 3.8) is 0 Å². The first-order valence-electron chi connectivity index (χ1n) is 10.00. The lowest BCUT2D eigenvalue weighted by Gasteiger charge is -2.41. The Morgan fingerprint density at radius 3 is 1.25 bits per heavy atom. The van der Waals surface area contributed by atoms with Crippen LogP contribution in [-0.2, 0) is 0 Å². The summed E-state index contributed by atoms with van der Waals surface area (Å²) in [6, 6.07) is 0. The molecular formula is C21H31F3. The molecular weight excluding hydrogens is 309 g/mol. The van der Waals surface area contributed by atoms with Crippen molar-refractivity contribution in [2.45, 2.75) is 83.2 Å². The van der Waals surface area contributed by atoms with Crippen LogP contribution in [0.25, 0.3) is 0 Å². The lowest BCUT2D eigenvalue weighted by atomic mass is 9.65. The van der Waals surface area contributed by atoms with Crippen molar-refractivity contribution in [2.24, 2.45) is 35.5 Å². The van der Waals surface area contributed by atoms with Crippen LogP contribution in [0.3, 0.4) is 0 Å². The maximum Gasteiger partial charge on any atom is 0.391 e. The van der Waals surface area contributed by atoms with E-state index in [2.05, 4.69) is 5.92 Å². The Morgan fingerprint density at radius 2 is 0.917 bits per heavy atom. The predicted molar refractivity (Wildman–Crippen MR) is 91.2 cm³/mol. The molecule has 0 N–H and O–H groups in total. The Hall–Kier alpha value is -0.650. The highest BCUT2D eigenvalue weighted by atomic mass is 19.4. The third-order valence-electron chi connectivity index (χ3n) is 7.39. The molecule has 3 rings (SSSR count). The molecule has 0 aromatic carbocycles. The van der Waals surface area contributed by atoms with Crippen molar-refractivity contribution in [3.05, 3.63) is 0 Å². The Balaban J connectivity index is 1.41. The lowest BCUT2D eigenvalue weighted by molar-refractivity contribution is -0.185. The Labute approximate surface area is 145 Å². The molecule has 3 fully saturated rings. The monoisotopic (exact) mass is 340 g/mol. The molecule has 3 aliphatic rings. The minimum Gasteiger partial charge on any atom is -0.171 e. The van der Waals surface area contributed by atoms with Crippen molar-refractivity contribution in [1.82, 2.24) is 0 Å². The highest BCUT2D eigenvalue weighted by Gasteiger charge is 2.43. The zero-order chi connectivity index (χ0) is 17.2. The van der Waals surface area contributed by atoms with E-state index in [1.165, 1.54) is 51.4 Å². The van der Waals surface area contributed by atoms with E-state index in [0.717, 1.165) is 24.7 Å². The molecule has 3 heteroatoms. The highest BCUT2D eigenvalue weighted by Crippen LogP contribution is 2.47. The number of hydrogen-bond acceptors (Lipinski definition) is 0. The molecule has 0 saturated heterocycles. The fourth-order valence-corrected chi connectivity index (χ4v) is 5.76. The summed E-state index contributed by atoms with van der Waals surface area (Å²) in [4.78, 5) is 0. The fraction of sp³-hybridized carbons (Fsp3) is 0.905. The Bertz CT molecular complexity index is 423. The van der Waals surface area contributed by atoms with Crippen molar-refractivity contribution in [1.29, 1.82) is 0 Å². The van der Waals surface area contributed by atoms with Crippen LogP contribution in [0.4, 0.5) is 13.2 Å². The van der Waals surface area contributed by atoms with E-state index in [1.807, 2.05) is 0 Å². The molecule has 3 aliphatic carbocycles. The fourth-order valence-electron chi connectivity index (χ4n) is 5.76. The maximum absolute atomic E-state index is 12.8. The molecule has 0 radical (unpaired) electrons. The van der Waals surface area contributed by atoms with Crippen molar-refractivity contribution >= 4 is 0 Å². The van der Waals surface area contributed by atoms with Gasteiger partial charge in [-0.3, -0.25) is 0 Å². The summed E-state index contributed by atoms with van der Waals surface area (Å²) in [6.45, 7) is 0. The standard InChI is InChI=1S/C21H31F3/c1-2-15-3-5-16(6-4-15)17-7-9-18(10-8-17)19-11-13-20(14-12-19)21(22,23)24/h1,15-20H,3-14H2. The minimum absolute atomic E-state index is 0.365. The van der Waals surface area contributed by atoms with Gasteiger partial charge in [-0.2, -0.15) is 13.2 Å². The second kappa shape index (κ2) is 7.71. The van der Waals surface area contributed by atoms with Crippen LogP contribution in [0.15, 0.2) is 0 Å². The first-order valence-corrected chi connectivity index (χ1v) is 10.00. The molecule has 24 heavy (non-hydrogen) atoms. The van der Waals surface area contributed by atoms with Gasteiger partial charge in [0.15, 0.2) is 0 Å². The molecule has 0 amide bonds. The summed E-state index contributed by atoms with van der Waals surface area (Å²) in [5.74, 6) is 5.34. The summed E-state index contributed by atoms with van der Waals surface area (Å²) in [5.41, 5.74) is 0. The van der Waals surface area contributed by atoms with E-state index in [1.54, 1.807) is 0 Å². The van der Waals surface area contributed by atoms with Crippen LogP contribution in [0.2, 0.25) is 0 Å². The van der Waals surface area contributed by atoms with Crippen LogP contribution >= 0.6 is 0 Å². The summed E-state index contributed by atoms with van der Waals surface area (Å²) < 4.78 is 38.4. The summed E-state index contributed by atoms with van der Waals surface area (Å²) in [6.07, 6.45) is 14.0. The molecule has 0 unspecified atom stereocenters.